The first-order valence-corrected chi connectivity index (χ1v) is 9.76. The van der Waals surface area contributed by atoms with E-state index in [-0.39, 0.29) is 0 Å². The van der Waals surface area contributed by atoms with Crippen LogP contribution in [0.3, 0.4) is 0 Å². The standard InChI is InChI=1S/C18H19ClN6S/c1-25-17(12-5-7-20-8-6-12)23-24-18(25)26-16-10-15(21-11-22-16)13-3-2-4-14(19)9-13/h2-4,9-12,20H,5-8H2,1H3. The first-order valence-electron chi connectivity index (χ1n) is 8.56. The van der Waals surface area contributed by atoms with Crippen molar-refractivity contribution in [3.8, 4) is 11.3 Å². The van der Waals surface area contributed by atoms with Gasteiger partial charge in [-0.3, -0.25) is 0 Å². The number of hydrogen-bond acceptors (Lipinski definition) is 6. The van der Waals surface area contributed by atoms with Gasteiger partial charge < -0.3 is 9.88 Å². The van der Waals surface area contributed by atoms with Crippen molar-refractivity contribution in [2.45, 2.75) is 28.9 Å². The molecule has 0 amide bonds. The van der Waals surface area contributed by atoms with Crippen molar-refractivity contribution >= 4 is 23.4 Å². The van der Waals surface area contributed by atoms with Crippen LogP contribution in [0.15, 0.2) is 46.8 Å². The lowest BCUT2D eigenvalue weighted by atomic mass is 9.97. The lowest BCUT2D eigenvalue weighted by Crippen LogP contribution is -2.27. The van der Waals surface area contributed by atoms with Crippen LogP contribution in [-0.4, -0.2) is 37.8 Å². The molecule has 3 heterocycles. The second-order valence-corrected chi connectivity index (χ2v) is 7.70. The topological polar surface area (TPSA) is 68.5 Å². The predicted molar refractivity (Wildman–Crippen MR) is 102 cm³/mol. The fourth-order valence-electron chi connectivity index (χ4n) is 3.15. The highest BCUT2D eigenvalue weighted by Gasteiger charge is 2.22. The summed E-state index contributed by atoms with van der Waals surface area (Å²) in [6.45, 7) is 2.07. The van der Waals surface area contributed by atoms with E-state index in [1.165, 1.54) is 11.8 Å². The molecule has 0 atom stereocenters. The van der Waals surface area contributed by atoms with Crippen LogP contribution in [0.4, 0.5) is 0 Å². The molecule has 6 nitrogen and oxygen atoms in total. The molecular formula is C18H19ClN6S. The second kappa shape index (κ2) is 7.73. The van der Waals surface area contributed by atoms with Gasteiger partial charge in [0.2, 0.25) is 0 Å². The molecule has 0 bridgehead atoms. The highest BCUT2D eigenvalue weighted by molar-refractivity contribution is 7.99. The lowest BCUT2D eigenvalue weighted by molar-refractivity contribution is 0.434. The summed E-state index contributed by atoms with van der Waals surface area (Å²) in [5.74, 6) is 1.52. The Balaban J connectivity index is 1.56. The van der Waals surface area contributed by atoms with E-state index in [4.69, 9.17) is 11.6 Å². The lowest BCUT2D eigenvalue weighted by Gasteiger charge is -2.21. The molecule has 1 N–H and O–H groups in total. The molecule has 1 fully saturated rings. The Bertz CT molecular complexity index is 906. The molecule has 0 radical (unpaired) electrons. The highest BCUT2D eigenvalue weighted by atomic mass is 35.5. The van der Waals surface area contributed by atoms with Crippen LogP contribution in [0.1, 0.15) is 24.6 Å². The van der Waals surface area contributed by atoms with E-state index < -0.39 is 0 Å². The normalized spacial score (nSPS) is 15.3. The maximum atomic E-state index is 6.09. The van der Waals surface area contributed by atoms with Crippen molar-refractivity contribution in [1.29, 1.82) is 0 Å². The Morgan fingerprint density at radius 2 is 2.00 bits per heavy atom. The summed E-state index contributed by atoms with van der Waals surface area (Å²) in [6, 6.07) is 9.61. The quantitative estimate of drug-likeness (QED) is 0.691. The Morgan fingerprint density at radius 1 is 1.15 bits per heavy atom. The van der Waals surface area contributed by atoms with Gasteiger partial charge in [0.1, 0.15) is 17.2 Å². The van der Waals surface area contributed by atoms with E-state index >= 15 is 0 Å². The van der Waals surface area contributed by atoms with Gasteiger partial charge >= 0.3 is 0 Å². The smallest absolute Gasteiger partial charge is 0.197 e. The Labute approximate surface area is 161 Å². The van der Waals surface area contributed by atoms with Gasteiger partial charge in [0.05, 0.1) is 5.69 Å². The molecule has 1 aliphatic heterocycles. The van der Waals surface area contributed by atoms with Gasteiger partial charge in [0.25, 0.3) is 0 Å². The number of hydrogen-bond donors (Lipinski definition) is 1. The Kier molecular flexibility index (Phi) is 5.19. The van der Waals surface area contributed by atoms with Gasteiger partial charge in [0, 0.05) is 23.6 Å². The molecule has 3 aromatic rings. The molecule has 8 heteroatoms. The molecule has 0 saturated carbocycles. The third kappa shape index (κ3) is 3.75. The van der Waals surface area contributed by atoms with Crippen LogP contribution in [0.5, 0.6) is 0 Å². The van der Waals surface area contributed by atoms with Crippen LogP contribution in [-0.2, 0) is 7.05 Å². The number of rotatable bonds is 4. The highest BCUT2D eigenvalue weighted by Crippen LogP contribution is 2.30. The number of aromatic nitrogens is 5. The summed E-state index contributed by atoms with van der Waals surface area (Å²) in [7, 11) is 2.03. The number of benzene rings is 1. The van der Waals surface area contributed by atoms with Crippen molar-refractivity contribution in [2.24, 2.45) is 7.05 Å². The zero-order valence-electron chi connectivity index (χ0n) is 14.4. The Hall–Kier alpha value is -1.96. The van der Waals surface area contributed by atoms with Gasteiger partial charge in [-0.05, 0) is 55.9 Å². The fourth-order valence-corrected chi connectivity index (χ4v) is 4.11. The fraction of sp³-hybridized carbons (Fsp3) is 0.333. The molecule has 0 unspecified atom stereocenters. The third-order valence-corrected chi connectivity index (χ3v) is 5.74. The van der Waals surface area contributed by atoms with Crippen LogP contribution < -0.4 is 5.32 Å². The van der Waals surface area contributed by atoms with E-state index in [1.54, 1.807) is 6.33 Å². The first kappa shape index (κ1) is 17.5. The first-order chi connectivity index (χ1) is 12.7. The molecule has 0 aliphatic carbocycles. The minimum Gasteiger partial charge on any atom is -0.317 e. The van der Waals surface area contributed by atoms with Crippen LogP contribution in [0, 0.1) is 0 Å². The van der Waals surface area contributed by atoms with E-state index in [9.17, 15) is 0 Å². The van der Waals surface area contributed by atoms with Gasteiger partial charge in [-0.25, -0.2) is 9.97 Å². The molecule has 26 heavy (non-hydrogen) atoms. The van der Waals surface area contributed by atoms with Crippen molar-refractivity contribution in [3.05, 3.63) is 47.5 Å². The van der Waals surface area contributed by atoms with Crippen molar-refractivity contribution < 1.29 is 0 Å². The van der Waals surface area contributed by atoms with E-state index in [1.807, 2.05) is 37.4 Å². The number of halogens is 1. The third-order valence-electron chi connectivity index (χ3n) is 4.53. The average molecular weight is 387 g/mol. The van der Waals surface area contributed by atoms with Gasteiger partial charge in [-0.15, -0.1) is 10.2 Å². The zero-order chi connectivity index (χ0) is 17.9. The number of nitrogens with one attached hydrogen (secondary N) is 1. The van der Waals surface area contributed by atoms with Crippen LogP contribution in [0.25, 0.3) is 11.3 Å². The van der Waals surface area contributed by atoms with Gasteiger partial charge in [-0.1, -0.05) is 23.7 Å². The minimum atomic E-state index is 0.468. The summed E-state index contributed by atoms with van der Waals surface area (Å²) in [4.78, 5) is 8.73. The summed E-state index contributed by atoms with van der Waals surface area (Å²) >= 11 is 7.59. The molecule has 1 aliphatic rings. The summed E-state index contributed by atoms with van der Waals surface area (Å²) in [6.07, 6.45) is 3.77. The largest absolute Gasteiger partial charge is 0.317 e. The second-order valence-electron chi connectivity index (χ2n) is 6.28. The molecular weight excluding hydrogens is 368 g/mol. The van der Waals surface area contributed by atoms with E-state index in [0.717, 1.165) is 53.2 Å². The molecule has 0 spiro atoms. The molecule has 134 valence electrons. The summed E-state index contributed by atoms with van der Waals surface area (Å²) in [5.41, 5.74) is 1.81. The molecule has 2 aromatic heterocycles. The van der Waals surface area contributed by atoms with Crippen LogP contribution in [0.2, 0.25) is 5.02 Å². The molecule has 1 saturated heterocycles. The SMILES string of the molecule is Cn1c(Sc2cc(-c3cccc(Cl)c3)ncn2)nnc1C1CCNCC1. The summed E-state index contributed by atoms with van der Waals surface area (Å²) < 4.78 is 2.09. The zero-order valence-corrected chi connectivity index (χ0v) is 16.0. The van der Waals surface area contributed by atoms with Crippen molar-refractivity contribution in [2.75, 3.05) is 13.1 Å². The van der Waals surface area contributed by atoms with Crippen molar-refractivity contribution in [3.63, 3.8) is 0 Å². The van der Waals surface area contributed by atoms with Gasteiger partial charge in [-0.2, -0.15) is 0 Å². The molecule has 1 aromatic carbocycles. The van der Waals surface area contributed by atoms with Crippen LogP contribution >= 0.6 is 23.4 Å². The predicted octanol–water partition coefficient (Wildman–Crippen LogP) is 3.54. The maximum absolute atomic E-state index is 6.09. The number of piperidine rings is 1. The maximum Gasteiger partial charge on any atom is 0.197 e. The van der Waals surface area contributed by atoms with E-state index in [2.05, 4.69) is 30.0 Å². The summed E-state index contributed by atoms with van der Waals surface area (Å²) in [5, 5.41) is 14.6. The monoisotopic (exact) mass is 386 g/mol. The van der Waals surface area contributed by atoms with Gasteiger partial charge in [0.15, 0.2) is 5.16 Å². The Morgan fingerprint density at radius 3 is 2.81 bits per heavy atom. The van der Waals surface area contributed by atoms with E-state index in [0.29, 0.717) is 10.9 Å². The number of nitrogens with zero attached hydrogens (tertiary/aromatic N) is 5. The average Bonchev–Trinajstić information content (AvgIpc) is 3.03. The molecule has 4 rings (SSSR count). The minimum absolute atomic E-state index is 0.468. The van der Waals surface area contributed by atoms with Crippen molar-refractivity contribution in [1.82, 2.24) is 30.0 Å².